The standard InChI is InChI=1S/C18H19NO2/c1-17-10-8-16(21)19-14(17)5-3-11-12-4-6-15(20)18(12,2)9-7-13(11)17/h3-5,7H,6,8-10H2,1-2H3,(H,19,21). The Balaban J connectivity index is 1.87. The molecule has 108 valence electrons. The van der Waals surface area contributed by atoms with Gasteiger partial charge in [0.2, 0.25) is 5.91 Å². The molecule has 0 radical (unpaired) electrons. The molecule has 1 saturated heterocycles. The Morgan fingerprint density at radius 1 is 1.05 bits per heavy atom. The zero-order valence-electron chi connectivity index (χ0n) is 12.5. The third-order valence-corrected chi connectivity index (χ3v) is 5.73. The first kappa shape index (κ1) is 12.8. The third kappa shape index (κ3) is 1.49. The molecule has 0 saturated carbocycles. The van der Waals surface area contributed by atoms with E-state index in [9.17, 15) is 9.59 Å². The highest BCUT2D eigenvalue weighted by Crippen LogP contribution is 2.56. The number of nitrogens with one attached hydrogen (secondary N) is 1. The van der Waals surface area contributed by atoms with Gasteiger partial charge in [-0.3, -0.25) is 9.59 Å². The van der Waals surface area contributed by atoms with E-state index in [1.165, 1.54) is 16.7 Å². The summed E-state index contributed by atoms with van der Waals surface area (Å²) < 4.78 is 0. The summed E-state index contributed by atoms with van der Waals surface area (Å²) in [6, 6.07) is 0. The van der Waals surface area contributed by atoms with Gasteiger partial charge in [-0.05, 0) is 49.5 Å². The molecule has 2 atom stereocenters. The summed E-state index contributed by atoms with van der Waals surface area (Å²) in [5.41, 5.74) is 4.23. The van der Waals surface area contributed by atoms with Crippen molar-refractivity contribution in [3.8, 4) is 0 Å². The van der Waals surface area contributed by atoms with E-state index >= 15 is 0 Å². The summed E-state index contributed by atoms with van der Waals surface area (Å²) in [6.45, 7) is 4.27. The number of hydrogen-bond acceptors (Lipinski definition) is 2. The summed E-state index contributed by atoms with van der Waals surface area (Å²) in [7, 11) is 0. The molecule has 2 unspecified atom stereocenters. The van der Waals surface area contributed by atoms with Crippen molar-refractivity contribution in [3.63, 3.8) is 0 Å². The van der Waals surface area contributed by atoms with E-state index in [-0.39, 0.29) is 16.7 Å². The largest absolute Gasteiger partial charge is 0.329 e. The van der Waals surface area contributed by atoms with Crippen LogP contribution in [-0.2, 0) is 9.59 Å². The van der Waals surface area contributed by atoms with Crippen LogP contribution in [0.5, 0.6) is 0 Å². The molecular weight excluding hydrogens is 262 g/mol. The van der Waals surface area contributed by atoms with Gasteiger partial charge in [0.05, 0.1) is 5.41 Å². The minimum atomic E-state index is -0.338. The number of Topliss-reactive ketones (excluding diaryl/α,β-unsaturated/α-hetero) is 1. The number of fused-ring (bicyclic) bond motifs is 5. The summed E-state index contributed by atoms with van der Waals surface area (Å²) in [6.07, 6.45) is 11.2. The van der Waals surface area contributed by atoms with Crippen molar-refractivity contribution < 1.29 is 9.59 Å². The lowest BCUT2D eigenvalue weighted by Crippen LogP contribution is -2.43. The summed E-state index contributed by atoms with van der Waals surface area (Å²) in [5, 5.41) is 3.02. The van der Waals surface area contributed by atoms with Gasteiger partial charge >= 0.3 is 0 Å². The van der Waals surface area contributed by atoms with Gasteiger partial charge in [-0.2, -0.15) is 0 Å². The third-order valence-electron chi connectivity index (χ3n) is 5.73. The molecule has 1 heterocycles. The fourth-order valence-electron chi connectivity index (χ4n) is 4.21. The second-order valence-electron chi connectivity index (χ2n) is 6.94. The van der Waals surface area contributed by atoms with Crippen LogP contribution < -0.4 is 5.32 Å². The van der Waals surface area contributed by atoms with E-state index < -0.39 is 0 Å². The van der Waals surface area contributed by atoms with Crippen LogP contribution in [-0.4, -0.2) is 11.7 Å². The van der Waals surface area contributed by atoms with E-state index in [0.717, 1.165) is 18.5 Å². The number of carbonyl (C=O) groups excluding carboxylic acids is 2. The molecular formula is C18H19NO2. The van der Waals surface area contributed by atoms with Crippen LogP contribution in [0.25, 0.3) is 0 Å². The number of allylic oxidation sites excluding steroid dienone is 7. The average molecular weight is 281 g/mol. The van der Waals surface area contributed by atoms with Gasteiger partial charge in [-0.1, -0.05) is 18.2 Å². The number of carbonyl (C=O) groups is 2. The summed E-state index contributed by atoms with van der Waals surface area (Å²) >= 11 is 0. The normalized spacial score (nSPS) is 37.4. The minimum Gasteiger partial charge on any atom is -0.329 e. The van der Waals surface area contributed by atoms with Gasteiger partial charge in [-0.25, -0.2) is 0 Å². The van der Waals surface area contributed by atoms with Crippen LogP contribution in [0.15, 0.2) is 46.7 Å². The number of piperidine rings is 1. The van der Waals surface area contributed by atoms with E-state index in [1.54, 1.807) is 0 Å². The molecule has 1 amide bonds. The lowest BCUT2D eigenvalue weighted by atomic mass is 9.60. The van der Waals surface area contributed by atoms with Gasteiger partial charge in [-0.15, -0.1) is 0 Å². The molecule has 4 rings (SSSR count). The SMILES string of the molecule is CC12CC=C3C(=CC=C4NC(=O)CCC43C)C1=CCC2=O. The van der Waals surface area contributed by atoms with Crippen molar-refractivity contribution in [2.75, 3.05) is 0 Å². The van der Waals surface area contributed by atoms with Crippen molar-refractivity contribution in [1.82, 2.24) is 5.32 Å². The van der Waals surface area contributed by atoms with E-state index in [0.29, 0.717) is 18.6 Å². The highest BCUT2D eigenvalue weighted by Gasteiger charge is 2.49. The van der Waals surface area contributed by atoms with Crippen LogP contribution in [0.3, 0.4) is 0 Å². The topological polar surface area (TPSA) is 46.2 Å². The van der Waals surface area contributed by atoms with Gasteiger partial charge in [0.15, 0.2) is 0 Å². The molecule has 0 aromatic rings. The van der Waals surface area contributed by atoms with E-state index in [2.05, 4.69) is 37.4 Å². The first-order chi connectivity index (χ1) is 9.95. The van der Waals surface area contributed by atoms with Crippen molar-refractivity contribution in [3.05, 3.63) is 46.7 Å². The number of rotatable bonds is 0. The van der Waals surface area contributed by atoms with Crippen molar-refractivity contribution in [2.24, 2.45) is 10.8 Å². The maximum Gasteiger partial charge on any atom is 0.224 e. The molecule has 21 heavy (non-hydrogen) atoms. The Labute approximate surface area is 124 Å². The van der Waals surface area contributed by atoms with Crippen molar-refractivity contribution >= 4 is 11.7 Å². The molecule has 1 N–H and O–H groups in total. The summed E-state index contributed by atoms with van der Waals surface area (Å²) in [5.74, 6) is 0.428. The number of amides is 1. The molecule has 0 spiro atoms. The first-order valence-corrected chi connectivity index (χ1v) is 7.63. The lowest BCUT2D eigenvalue weighted by molar-refractivity contribution is -0.124. The molecule has 3 nitrogen and oxygen atoms in total. The van der Waals surface area contributed by atoms with Crippen molar-refractivity contribution in [1.29, 1.82) is 0 Å². The van der Waals surface area contributed by atoms with Crippen LogP contribution in [0.1, 0.15) is 39.5 Å². The van der Waals surface area contributed by atoms with Gasteiger partial charge in [0.1, 0.15) is 5.78 Å². The van der Waals surface area contributed by atoms with Crippen LogP contribution in [0, 0.1) is 10.8 Å². The fourth-order valence-corrected chi connectivity index (χ4v) is 4.21. The molecule has 4 aliphatic rings. The highest BCUT2D eigenvalue weighted by atomic mass is 16.1. The smallest absolute Gasteiger partial charge is 0.224 e. The minimum absolute atomic E-state index is 0.104. The zero-order chi connectivity index (χ0) is 14.8. The Morgan fingerprint density at radius 2 is 1.81 bits per heavy atom. The Bertz CT molecular complexity index is 707. The second kappa shape index (κ2) is 3.85. The molecule has 3 aliphatic carbocycles. The Kier molecular flexibility index (Phi) is 2.35. The first-order valence-electron chi connectivity index (χ1n) is 7.63. The molecule has 1 fully saturated rings. The van der Waals surface area contributed by atoms with Crippen molar-refractivity contribution in [2.45, 2.75) is 39.5 Å². The van der Waals surface area contributed by atoms with Gasteiger partial charge < -0.3 is 5.32 Å². The lowest BCUT2D eigenvalue weighted by Gasteiger charge is -2.45. The molecule has 1 aliphatic heterocycles. The second-order valence-corrected chi connectivity index (χ2v) is 6.94. The summed E-state index contributed by atoms with van der Waals surface area (Å²) in [4.78, 5) is 23.9. The zero-order valence-corrected chi connectivity index (χ0v) is 12.5. The fraction of sp³-hybridized carbons (Fsp3) is 0.444. The van der Waals surface area contributed by atoms with E-state index in [4.69, 9.17) is 0 Å². The van der Waals surface area contributed by atoms with Gasteiger partial charge in [0.25, 0.3) is 0 Å². The maximum absolute atomic E-state index is 12.2. The predicted octanol–water partition coefficient (Wildman–Crippen LogP) is 2.96. The number of ketones is 1. The quantitative estimate of drug-likeness (QED) is 0.742. The monoisotopic (exact) mass is 281 g/mol. The number of hydrogen-bond donors (Lipinski definition) is 1. The van der Waals surface area contributed by atoms with Crippen LogP contribution in [0.2, 0.25) is 0 Å². The van der Waals surface area contributed by atoms with E-state index in [1.807, 2.05) is 6.08 Å². The Hall–Kier alpha value is -1.90. The average Bonchev–Trinajstić information content (AvgIpc) is 2.76. The molecule has 0 bridgehead atoms. The maximum atomic E-state index is 12.2. The predicted molar refractivity (Wildman–Crippen MR) is 80.2 cm³/mol. The molecule has 3 heteroatoms. The molecule has 0 aromatic carbocycles. The van der Waals surface area contributed by atoms with Crippen LogP contribution in [0.4, 0.5) is 0 Å². The van der Waals surface area contributed by atoms with Gasteiger partial charge in [0, 0.05) is 24.0 Å². The Morgan fingerprint density at radius 3 is 2.62 bits per heavy atom. The van der Waals surface area contributed by atoms with Crippen LogP contribution >= 0.6 is 0 Å². The molecule has 0 aromatic heterocycles. The highest BCUT2D eigenvalue weighted by molar-refractivity contribution is 5.95.